The molecule has 1 N–H and O–H groups in total. The Hall–Kier alpha value is -2.89. The van der Waals surface area contributed by atoms with Gasteiger partial charge in [-0.05, 0) is 30.5 Å². The summed E-state index contributed by atoms with van der Waals surface area (Å²) in [5.41, 5.74) is 1.68. The van der Waals surface area contributed by atoms with Gasteiger partial charge in [0.15, 0.2) is 0 Å². The van der Waals surface area contributed by atoms with Gasteiger partial charge < -0.3 is 15.1 Å². The smallest absolute Gasteiger partial charge is 0.228 e. The number of rotatable bonds is 5. The Balaban J connectivity index is 1.28. The zero-order valence-electron chi connectivity index (χ0n) is 15.3. The number of pyridine rings is 1. The third kappa shape index (κ3) is 4.45. The molecule has 1 aliphatic carbocycles. The van der Waals surface area contributed by atoms with E-state index in [2.05, 4.69) is 15.2 Å². The third-order valence-corrected chi connectivity index (χ3v) is 5.08. The maximum absolute atomic E-state index is 12.1. The molecular weight excluding hydrogens is 340 g/mol. The standard InChI is InChI=1S/C21H24N4O2/c26-20(14-16-4-2-1-3-5-16)23-18-8-9-19(22-15-18)24-10-12-25(13-11-24)21(27)17-6-7-17/h1-5,8-9,15,17H,6-7,10-14H2,(H,23,26). The van der Waals surface area contributed by atoms with Crippen LogP contribution in [0.15, 0.2) is 48.7 Å². The second-order valence-electron chi connectivity index (χ2n) is 7.20. The number of amides is 2. The van der Waals surface area contributed by atoms with Crippen molar-refractivity contribution in [3.63, 3.8) is 0 Å². The fourth-order valence-electron chi connectivity index (χ4n) is 3.38. The molecule has 1 saturated carbocycles. The number of aromatic nitrogens is 1. The lowest BCUT2D eigenvalue weighted by Gasteiger charge is -2.35. The van der Waals surface area contributed by atoms with E-state index in [-0.39, 0.29) is 11.8 Å². The second-order valence-corrected chi connectivity index (χ2v) is 7.20. The van der Waals surface area contributed by atoms with Crippen molar-refractivity contribution in [1.82, 2.24) is 9.88 Å². The highest BCUT2D eigenvalue weighted by atomic mass is 16.2. The maximum atomic E-state index is 12.1. The van der Waals surface area contributed by atoms with E-state index in [1.807, 2.05) is 47.4 Å². The van der Waals surface area contributed by atoms with Gasteiger partial charge in [0.25, 0.3) is 0 Å². The Morgan fingerprint density at radius 2 is 1.74 bits per heavy atom. The zero-order chi connectivity index (χ0) is 18.6. The Bertz CT molecular complexity index is 795. The van der Waals surface area contributed by atoms with Crippen molar-refractivity contribution in [3.05, 3.63) is 54.2 Å². The van der Waals surface area contributed by atoms with Gasteiger partial charge in [0, 0.05) is 32.1 Å². The number of benzene rings is 1. The Kier molecular flexibility index (Phi) is 5.05. The van der Waals surface area contributed by atoms with Crippen LogP contribution in [0.25, 0.3) is 0 Å². The SMILES string of the molecule is O=C(Cc1ccccc1)Nc1ccc(N2CCN(C(=O)C3CC3)CC2)nc1. The molecular formula is C21H24N4O2. The molecule has 27 heavy (non-hydrogen) atoms. The van der Waals surface area contributed by atoms with Crippen molar-refractivity contribution in [2.45, 2.75) is 19.3 Å². The molecule has 1 aromatic heterocycles. The lowest BCUT2D eigenvalue weighted by atomic mass is 10.1. The quantitative estimate of drug-likeness (QED) is 0.884. The monoisotopic (exact) mass is 364 g/mol. The molecule has 0 bridgehead atoms. The molecule has 0 atom stereocenters. The molecule has 2 amide bonds. The van der Waals surface area contributed by atoms with Crippen LogP contribution in [0.1, 0.15) is 18.4 Å². The highest BCUT2D eigenvalue weighted by Crippen LogP contribution is 2.31. The summed E-state index contributed by atoms with van der Waals surface area (Å²) < 4.78 is 0. The summed E-state index contributed by atoms with van der Waals surface area (Å²) in [7, 11) is 0. The fraction of sp³-hybridized carbons (Fsp3) is 0.381. The predicted molar refractivity (Wildman–Crippen MR) is 105 cm³/mol. The van der Waals surface area contributed by atoms with Crippen LogP contribution in [0.5, 0.6) is 0 Å². The van der Waals surface area contributed by atoms with Crippen molar-refractivity contribution in [2.75, 3.05) is 36.4 Å². The summed E-state index contributed by atoms with van der Waals surface area (Å²) >= 11 is 0. The largest absolute Gasteiger partial charge is 0.353 e. The number of carbonyl (C=O) groups excluding carboxylic acids is 2. The molecule has 1 aromatic carbocycles. The van der Waals surface area contributed by atoms with Gasteiger partial charge in [0.05, 0.1) is 18.3 Å². The fourth-order valence-corrected chi connectivity index (χ4v) is 3.38. The van der Waals surface area contributed by atoms with Gasteiger partial charge in [0.2, 0.25) is 11.8 Å². The minimum Gasteiger partial charge on any atom is -0.353 e. The first kappa shape index (κ1) is 17.5. The number of piperazine rings is 1. The molecule has 2 aliphatic rings. The minimum atomic E-state index is -0.0528. The summed E-state index contributed by atoms with van der Waals surface area (Å²) in [5.74, 6) is 1.44. The van der Waals surface area contributed by atoms with E-state index in [1.54, 1.807) is 6.20 Å². The van der Waals surface area contributed by atoms with Crippen molar-refractivity contribution >= 4 is 23.3 Å². The molecule has 4 rings (SSSR count). The molecule has 2 heterocycles. The van der Waals surface area contributed by atoms with Crippen LogP contribution >= 0.6 is 0 Å². The first-order chi connectivity index (χ1) is 13.2. The average molecular weight is 364 g/mol. The van der Waals surface area contributed by atoms with Crippen LogP contribution in [0, 0.1) is 5.92 Å². The van der Waals surface area contributed by atoms with Gasteiger partial charge in [-0.15, -0.1) is 0 Å². The second kappa shape index (κ2) is 7.78. The number of hydrogen-bond acceptors (Lipinski definition) is 4. The topological polar surface area (TPSA) is 65.5 Å². The lowest BCUT2D eigenvalue weighted by molar-refractivity contribution is -0.132. The summed E-state index contributed by atoms with van der Waals surface area (Å²) in [5, 5.41) is 2.89. The van der Waals surface area contributed by atoms with E-state index in [9.17, 15) is 9.59 Å². The van der Waals surface area contributed by atoms with Crippen LogP contribution in [0.2, 0.25) is 0 Å². The van der Waals surface area contributed by atoms with Crippen molar-refractivity contribution in [3.8, 4) is 0 Å². The molecule has 1 saturated heterocycles. The average Bonchev–Trinajstić information content (AvgIpc) is 3.54. The molecule has 0 spiro atoms. The number of hydrogen-bond donors (Lipinski definition) is 1. The highest BCUT2D eigenvalue weighted by molar-refractivity contribution is 5.92. The number of nitrogens with one attached hydrogen (secondary N) is 1. The third-order valence-electron chi connectivity index (χ3n) is 5.08. The number of anilines is 2. The van der Waals surface area contributed by atoms with Crippen LogP contribution in [-0.2, 0) is 16.0 Å². The Labute approximate surface area is 159 Å². The van der Waals surface area contributed by atoms with Gasteiger partial charge in [-0.3, -0.25) is 9.59 Å². The van der Waals surface area contributed by atoms with Crippen LogP contribution in [0.3, 0.4) is 0 Å². The molecule has 0 radical (unpaired) electrons. The highest BCUT2D eigenvalue weighted by Gasteiger charge is 2.34. The predicted octanol–water partition coefficient (Wildman–Crippen LogP) is 2.32. The van der Waals surface area contributed by atoms with Crippen LogP contribution in [0.4, 0.5) is 11.5 Å². The molecule has 1 aliphatic heterocycles. The van der Waals surface area contributed by atoms with E-state index >= 15 is 0 Å². The summed E-state index contributed by atoms with van der Waals surface area (Å²) in [6.45, 7) is 3.11. The maximum Gasteiger partial charge on any atom is 0.228 e. The molecule has 2 aromatic rings. The molecule has 6 nitrogen and oxygen atoms in total. The van der Waals surface area contributed by atoms with Gasteiger partial charge in [-0.25, -0.2) is 4.98 Å². The van der Waals surface area contributed by atoms with Gasteiger partial charge >= 0.3 is 0 Å². The Morgan fingerprint density at radius 1 is 1.00 bits per heavy atom. The summed E-state index contributed by atoms with van der Waals surface area (Å²) in [6.07, 6.45) is 4.15. The molecule has 2 fully saturated rings. The van der Waals surface area contributed by atoms with Crippen LogP contribution < -0.4 is 10.2 Å². The van der Waals surface area contributed by atoms with Crippen molar-refractivity contribution in [2.24, 2.45) is 5.92 Å². The first-order valence-electron chi connectivity index (χ1n) is 9.52. The van der Waals surface area contributed by atoms with E-state index in [4.69, 9.17) is 0 Å². The van der Waals surface area contributed by atoms with Gasteiger partial charge in [-0.1, -0.05) is 30.3 Å². The first-order valence-corrected chi connectivity index (χ1v) is 9.52. The van der Waals surface area contributed by atoms with E-state index in [0.29, 0.717) is 18.0 Å². The van der Waals surface area contributed by atoms with E-state index in [1.165, 1.54) is 0 Å². The number of nitrogens with zero attached hydrogens (tertiary/aromatic N) is 3. The molecule has 0 unspecified atom stereocenters. The van der Waals surface area contributed by atoms with E-state index in [0.717, 1.165) is 50.4 Å². The summed E-state index contributed by atoms with van der Waals surface area (Å²) in [6, 6.07) is 13.5. The molecule has 140 valence electrons. The minimum absolute atomic E-state index is 0.0528. The zero-order valence-corrected chi connectivity index (χ0v) is 15.3. The van der Waals surface area contributed by atoms with Crippen LogP contribution in [-0.4, -0.2) is 47.9 Å². The Morgan fingerprint density at radius 3 is 2.37 bits per heavy atom. The van der Waals surface area contributed by atoms with E-state index < -0.39 is 0 Å². The number of carbonyl (C=O) groups is 2. The van der Waals surface area contributed by atoms with Gasteiger partial charge in [-0.2, -0.15) is 0 Å². The van der Waals surface area contributed by atoms with Crippen molar-refractivity contribution in [1.29, 1.82) is 0 Å². The summed E-state index contributed by atoms with van der Waals surface area (Å²) in [4.78, 5) is 32.9. The molecule has 6 heteroatoms. The van der Waals surface area contributed by atoms with Crippen molar-refractivity contribution < 1.29 is 9.59 Å². The normalized spacial score (nSPS) is 16.9. The lowest BCUT2D eigenvalue weighted by Crippen LogP contribution is -2.49. The van der Waals surface area contributed by atoms with Gasteiger partial charge in [0.1, 0.15) is 5.82 Å².